The van der Waals surface area contributed by atoms with Crippen molar-refractivity contribution < 1.29 is 23.4 Å². The minimum Gasteiger partial charge on any atom is -0.488 e. The summed E-state index contributed by atoms with van der Waals surface area (Å²) in [5, 5.41) is 7.67. The molecule has 182 valence electrons. The average Bonchev–Trinajstić information content (AvgIpc) is 3.54. The summed E-state index contributed by atoms with van der Waals surface area (Å²) in [6.07, 6.45) is 1.19. The largest absolute Gasteiger partial charge is 0.488 e. The van der Waals surface area contributed by atoms with Crippen LogP contribution in [0.15, 0.2) is 65.4 Å². The van der Waals surface area contributed by atoms with Gasteiger partial charge in [0.2, 0.25) is 12.3 Å². The standard InChI is InChI=1S/C27H28N2O5S/c1-4-31-23(27(30)32-5-2)15-19-6-12-22(13-7-19)33-16-25-18(3)14-24(35-25)20-8-10-21(11-9-20)26-29-28-17-34-26/h6-14,17,23H,4-5,15-16H2,1-3H3. The van der Waals surface area contributed by atoms with Crippen molar-refractivity contribution in [1.82, 2.24) is 10.2 Å². The van der Waals surface area contributed by atoms with Crippen LogP contribution in [0.4, 0.5) is 0 Å². The summed E-state index contributed by atoms with van der Waals surface area (Å²) in [7, 11) is 0. The number of carbonyl (C=O) groups excluding carboxylic acids is 1. The molecular weight excluding hydrogens is 464 g/mol. The number of aryl methyl sites for hydroxylation is 1. The number of ether oxygens (including phenoxy) is 3. The van der Waals surface area contributed by atoms with Crippen LogP contribution in [-0.2, 0) is 27.3 Å². The average molecular weight is 493 g/mol. The first-order chi connectivity index (χ1) is 17.1. The molecule has 2 heterocycles. The highest BCUT2D eigenvalue weighted by molar-refractivity contribution is 7.15. The van der Waals surface area contributed by atoms with E-state index in [1.54, 1.807) is 18.3 Å². The van der Waals surface area contributed by atoms with Crippen molar-refractivity contribution in [2.45, 2.75) is 39.9 Å². The number of rotatable bonds is 11. The van der Waals surface area contributed by atoms with Crippen LogP contribution in [-0.4, -0.2) is 35.5 Å². The number of carbonyl (C=O) groups is 1. The van der Waals surface area contributed by atoms with Gasteiger partial charge in [0.25, 0.3) is 0 Å². The van der Waals surface area contributed by atoms with Crippen molar-refractivity contribution in [3.63, 3.8) is 0 Å². The molecule has 1 unspecified atom stereocenters. The number of hydrogen-bond donors (Lipinski definition) is 0. The van der Waals surface area contributed by atoms with Gasteiger partial charge < -0.3 is 18.6 Å². The molecule has 2 aromatic carbocycles. The number of nitrogens with zero attached hydrogens (tertiary/aromatic N) is 2. The first-order valence-corrected chi connectivity index (χ1v) is 12.3. The first-order valence-electron chi connectivity index (χ1n) is 11.5. The minimum atomic E-state index is -0.597. The number of hydrogen-bond acceptors (Lipinski definition) is 8. The minimum absolute atomic E-state index is 0.331. The summed E-state index contributed by atoms with van der Waals surface area (Å²) < 4.78 is 22.0. The predicted molar refractivity (Wildman–Crippen MR) is 134 cm³/mol. The third-order valence-electron chi connectivity index (χ3n) is 5.43. The van der Waals surface area contributed by atoms with Crippen molar-refractivity contribution in [1.29, 1.82) is 0 Å². The molecule has 0 spiro atoms. The number of esters is 1. The maximum Gasteiger partial charge on any atom is 0.335 e. The van der Waals surface area contributed by atoms with E-state index in [0.717, 1.165) is 22.4 Å². The number of aromatic nitrogens is 2. The van der Waals surface area contributed by atoms with Gasteiger partial charge >= 0.3 is 5.97 Å². The van der Waals surface area contributed by atoms with Gasteiger partial charge in [-0.2, -0.15) is 0 Å². The molecule has 0 aliphatic heterocycles. The second-order valence-electron chi connectivity index (χ2n) is 7.87. The van der Waals surface area contributed by atoms with Crippen LogP contribution in [0.25, 0.3) is 21.9 Å². The van der Waals surface area contributed by atoms with Crippen molar-refractivity contribution in [3.05, 3.63) is 77.0 Å². The first kappa shape index (κ1) is 24.6. The lowest BCUT2D eigenvalue weighted by Gasteiger charge is -2.15. The smallest absolute Gasteiger partial charge is 0.335 e. The van der Waals surface area contributed by atoms with Crippen molar-refractivity contribution in [3.8, 4) is 27.6 Å². The summed E-state index contributed by atoms with van der Waals surface area (Å²) in [6.45, 7) is 7.03. The van der Waals surface area contributed by atoms with Crippen molar-refractivity contribution >= 4 is 17.3 Å². The molecule has 35 heavy (non-hydrogen) atoms. The van der Waals surface area contributed by atoms with Crippen molar-refractivity contribution in [2.75, 3.05) is 13.2 Å². The van der Waals surface area contributed by atoms with Gasteiger partial charge in [-0.25, -0.2) is 4.79 Å². The summed E-state index contributed by atoms with van der Waals surface area (Å²) >= 11 is 1.72. The van der Waals surface area contributed by atoms with E-state index in [0.29, 0.717) is 32.1 Å². The molecule has 0 fully saturated rings. The molecule has 0 saturated carbocycles. The molecule has 0 aliphatic rings. The van der Waals surface area contributed by atoms with Gasteiger partial charge in [0.05, 0.1) is 6.61 Å². The van der Waals surface area contributed by atoms with Crippen LogP contribution in [0.1, 0.15) is 29.9 Å². The van der Waals surface area contributed by atoms with E-state index in [1.807, 2.05) is 43.3 Å². The monoisotopic (exact) mass is 492 g/mol. The van der Waals surface area contributed by atoms with Crippen LogP contribution in [0.2, 0.25) is 0 Å². The molecule has 0 bridgehead atoms. The maximum absolute atomic E-state index is 12.1. The Morgan fingerprint density at radius 3 is 2.43 bits per heavy atom. The van der Waals surface area contributed by atoms with Crippen LogP contribution in [0.5, 0.6) is 5.75 Å². The molecule has 0 saturated heterocycles. The summed E-state index contributed by atoms with van der Waals surface area (Å²) in [5.74, 6) is 0.951. The third-order valence-corrected chi connectivity index (χ3v) is 6.69. The highest BCUT2D eigenvalue weighted by atomic mass is 32.1. The fourth-order valence-corrected chi connectivity index (χ4v) is 4.71. The molecule has 1 atom stereocenters. The molecule has 2 aromatic heterocycles. The molecular formula is C27H28N2O5S. The zero-order chi connectivity index (χ0) is 24.6. The Morgan fingerprint density at radius 2 is 1.77 bits per heavy atom. The van der Waals surface area contributed by atoms with Gasteiger partial charge in [0.15, 0.2) is 6.10 Å². The molecule has 0 amide bonds. The zero-order valence-electron chi connectivity index (χ0n) is 20.0. The number of thiophene rings is 1. The highest BCUT2D eigenvalue weighted by Gasteiger charge is 2.20. The Morgan fingerprint density at radius 1 is 1.03 bits per heavy atom. The van der Waals surface area contributed by atoms with Gasteiger partial charge in [-0.15, -0.1) is 21.5 Å². The van der Waals surface area contributed by atoms with Crippen molar-refractivity contribution in [2.24, 2.45) is 0 Å². The molecule has 4 rings (SSSR count). The molecule has 7 nitrogen and oxygen atoms in total. The SMILES string of the molecule is CCOC(=O)C(Cc1ccc(OCc2sc(-c3ccc(-c4nnco4)cc3)cc2C)cc1)OCC. The summed E-state index contributed by atoms with van der Waals surface area (Å²) in [5.41, 5.74) is 4.20. The topological polar surface area (TPSA) is 83.7 Å². The van der Waals surface area contributed by atoms with E-state index in [-0.39, 0.29) is 5.97 Å². The lowest BCUT2D eigenvalue weighted by Crippen LogP contribution is -2.28. The summed E-state index contributed by atoms with van der Waals surface area (Å²) in [4.78, 5) is 14.4. The zero-order valence-corrected chi connectivity index (χ0v) is 20.8. The van der Waals surface area contributed by atoms with E-state index in [4.69, 9.17) is 18.6 Å². The van der Waals surface area contributed by atoms with Gasteiger partial charge in [-0.3, -0.25) is 0 Å². The Labute approximate surface area is 208 Å². The fraction of sp³-hybridized carbons (Fsp3) is 0.296. The van der Waals surface area contributed by atoms with Gasteiger partial charge in [0.1, 0.15) is 12.4 Å². The van der Waals surface area contributed by atoms with Crippen LogP contribution >= 0.6 is 11.3 Å². The summed E-state index contributed by atoms with van der Waals surface area (Å²) in [6, 6.07) is 18.0. The highest BCUT2D eigenvalue weighted by Crippen LogP contribution is 2.33. The predicted octanol–water partition coefficient (Wildman–Crippen LogP) is 5.86. The Kier molecular flexibility index (Phi) is 8.28. The quantitative estimate of drug-likeness (QED) is 0.242. The van der Waals surface area contributed by atoms with Crippen LogP contribution < -0.4 is 4.74 Å². The normalized spacial score (nSPS) is 11.9. The Hall–Kier alpha value is -3.49. The van der Waals surface area contributed by atoms with Gasteiger partial charge in [-0.1, -0.05) is 24.3 Å². The lowest BCUT2D eigenvalue weighted by atomic mass is 10.1. The maximum atomic E-state index is 12.1. The molecule has 0 N–H and O–H groups in total. The lowest BCUT2D eigenvalue weighted by molar-refractivity contribution is -0.156. The fourth-order valence-electron chi connectivity index (χ4n) is 3.61. The van der Waals surface area contributed by atoms with E-state index < -0.39 is 6.10 Å². The van der Waals surface area contributed by atoms with Gasteiger partial charge in [-0.05, 0) is 67.8 Å². The number of benzene rings is 2. The second kappa shape index (κ2) is 11.8. The molecule has 8 heteroatoms. The second-order valence-corrected chi connectivity index (χ2v) is 9.01. The Bertz CT molecular complexity index is 1220. The van der Waals surface area contributed by atoms with Crippen LogP contribution in [0, 0.1) is 6.92 Å². The van der Waals surface area contributed by atoms with Gasteiger partial charge in [0, 0.05) is 28.3 Å². The van der Waals surface area contributed by atoms with E-state index in [2.05, 4.69) is 35.3 Å². The van der Waals surface area contributed by atoms with E-state index in [9.17, 15) is 4.79 Å². The molecule has 0 aliphatic carbocycles. The Balaban J connectivity index is 1.36. The van der Waals surface area contributed by atoms with Crippen LogP contribution in [0.3, 0.4) is 0 Å². The molecule has 0 radical (unpaired) electrons. The van der Waals surface area contributed by atoms with E-state index in [1.165, 1.54) is 21.7 Å². The molecule has 4 aromatic rings. The van der Waals surface area contributed by atoms with E-state index >= 15 is 0 Å². The third kappa shape index (κ3) is 6.35.